The highest BCUT2D eigenvalue weighted by Gasteiger charge is 2.53. The number of nitrogens with two attached hydrogens (primary N) is 2. The van der Waals surface area contributed by atoms with Gasteiger partial charge in [-0.3, -0.25) is 9.09 Å². The summed E-state index contributed by atoms with van der Waals surface area (Å²) in [4.78, 5) is 12.8. The van der Waals surface area contributed by atoms with E-state index in [-0.39, 0.29) is 24.5 Å². The van der Waals surface area contributed by atoms with E-state index < -0.39 is 31.7 Å². The summed E-state index contributed by atoms with van der Waals surface area (Å²) in [6, 6.07) is 8.83. The number of hydrogen-bond acceptors (Lipinski definition) is 11. The topological polar surface area (TPSA) is 182 Å². The molecule has 212 valence electrons. The van der Waals surface area contributed by atoms with E-state index in [1.165, 1.54) is 6.33 Å². The van der Waals surface area contributed by atoms with Gasteiger partial charge in [-0.05, 0) is 38.8 Å². The largest absolute Gasteiger partial charge is 0.476 e. The number of nitrogens with zero attached hydrogens (tertiary/aromatic N) is 4. The number of imidazole rings is 1. The number of aliphatic hydroxyl groups excluding tert-OH is 1. The number of ether oxygens (including phenoxy) is 2. The van der Waals surface area contributed by atoms with Gasteiger partial charge in [0.1, 0.15) is 18.0 Å². The van der Waals surface area contributed by atoms with Gasteiger partial charge >= 0.3 is 7.75 Å². The Balaban J connectivity index is 1.36. The Hall–Kier alpha value is -2.80. The SMILES string of the molecule is CCOc1nc(N)nc2c1ncn2[C@@H]1O[C@H](COP(=O)(NC2CCCCC2)Oc2ccccc2)[C@@H](O)[C@@]1(C)N. The number of fused-ring (bicyclic) bond motifs is 1. The lowest BCUT2D eigenvalue weighted by atomic mass is 9.93. The minimum absolute atomic E-state index is 0.00219. The Morgan fingerprint density at radius 3 is 2.69 bits per heavy atom. The van der Waals surface area contributed by atoms with E-state index >= 15 is 0 Å². The average Bonchev–Trinajstić information content (AvgIpc) is 3.42. The molecule has 39 heavy (non-hydrogen) atoms. The van der Waals surface area contributed by atoms with E-state index in [0.717, 1.165) is 32.1 Å². The summed E-state index contributed by atoms with van der Waals surface area (Å²) in [6.45, 7) is 3.61. The van der Waals surface area contributed by atoms with Crippen molar-refractivity contribution in [2.24, 2.45) is 5.73 Å². The van der Waals surface area contributed by atoms with Crippen LogP contribution in [0.25, 0.3) is 11.2 Å². The number of nitrogen functional groups attached to an aromatic ring is 1. The summed E-state index contributed by atoms with van der Waals surface area (Å²) < 4.78 is 39.0. The van der Waals surface area contributed by atoms with Crippen molar-refractivity contribution in [1.29, 1.82) is 0 Å². The maximum atomic E-state index is 13.9. The predicted molar refractivity (Wildman–Crippen MR) is 144 cm³/mol. The van der Waals surface area contributed by atoms with Crippen LogP contribution in [0, 0.1) is 0 Å². The van der Waals surface area contributed by atoms with Crippen LogP contribution >= 0.6 is 7.75 Å². The van der Waals surface area contributed by atoms with Crippen LogP contribution in [0.3, 0.4) is 0 Å². The van der Waals surface area contributed by atoms with Crippen LogP contribution in [0.2, 0.25) is 0 Å². The van der Waals surface area contributed by atoms with Crippen molar-refractivity contribution in [3.05, 3.63) is 36.7 Å². The Morgan fingerprint density at radius 1 is 1.23 bits per heavy atom. The second-order valence-corrected chi connectivity index (χ2v) is 11.8. The molecule has 5 rings (SSSR count). The zero-order chi connectivity index (χ0) is 27.6. The first-order valence-corrected chi connectivity index (χ1v) is 14.8. The molecule has 0 amide bonds. The monoisotopic (exact) mass is 561 g/mol. The summed E-state index contributed by atoms with van der Waals surface area (Å²) in [5.41, 5.74) is 11.9. The van der Waals surface area contributed by atoms with Gasteiger partial charge in [0.15, 0.2) is 17.4 Å². The van der Waals surface area contributed by atoms with E-state index in [0.29, 0.717) is 23.5 Å². The fourth-order valence-corrected chi connectivity index (χ4v) is 6.71. The summed E-state index contributed by atoms with van der Waals surface area (Å²) >= 11 is 0. The Kier molecular flexibility index (Phi) is 8.08. The van der Waals surface area contributed by atoms with Gasteiger partial charge in [0, 0.05) is 6.04 Å². The number of benzene rings is 1. The molecule has 1 aliphatic carbocycles. The lowest BCUT2D eigenvalue weighted by Gasteiger charge is -2.29. The second kappa shape index (κ2) is 11.4. The highest BCUT2D eigenvalue weighted by molar-refractivity contribution is 7.52. The molecule has 0 bridgehead atoms. The highest BCUT2D eigenvalue weighted by Crippen LogP contribution is 2.47. The first-order valence-electron chi connectivity index (χ1n) is 13.2. The molecule has 14 heteroatoms. The van der Waals surface area contributed by atoms with Crippen LogP contribution in [0.1, 0.15) is 52.2 Å². The Morgan fingerprint density at radius 2 is 1.97 bits per heavy atom. The molecule has 2 aliphatic rings. The van der Waals surface area contributed by atoms with Crippen LogP contribution in [-0.4, -0.2) is 61.6 Å². The van der Waals surface area contributed by atoms with Crippen LogP contribution in [0.4, 0.5) is 5.95 Å². The molecule has 1 saturated carbocycles. The van der Waals surface area contributed by atoms with Gasteiger partial charge in [-0.25, -0.2) is 14.6 Å². The highest BCUT2D eigenvalue weighted by atomic mass is 31.2. The molecule has 3 heterocycles. The van der Waals surface area contributed by atoms with Crippen LogP contribution in [-0.2, 0) is 13.8 Å². The molecule has 1 aliphatic heterocycles. The normalized spacial score (nSPS) is 27.4. The van der Waals surface area contributed by atoms with E-state index in [1.807, 2.05) is 13.0 Å². The third kappa shape index (κ3) is 5.88. The minimum Gasteiger partial charge on any atom is -0.476 e. The Labute approximate surface area is 226 Å². The van der Waals surface area contributed by atoms with Gasteiger partial charge < -0.3 is 30.6 Å². The van der Waals surface area contributed by atoms with Gasteiger partial charge in [-0.2, -0.15) is 9.97 Å². The fraction of sp³-hybridized carbons (Fsp3) is 0.560. The molecule has 2 fully saturated rings. The van der Waals surface area contributed by atoms with Crippen molar-refractivity contribution in [2.75, 3.05) is 18.9 Å². The molecule has 13 nitrogen and oxygen atoms in total. The Bertz CT molecular complexity index is 1320. The van der Waals surface area contributed by atoms with Gasteiger partial charge in [0.25, 0.3) is 0 Å². The number of anilines is 1. The zero-order valence-electron chi connectivity index (χ0n) is 22.1. The van der Waals surface area contributed by atoms with Crippen molar-refractivity contribution < 1.29 is 28.2 Å². The molecule has 0 radical (unpaired) electrons. The van der Waals surface area contributed by atoms with Crippen molar-refractivity contribution in [3.63, 3.8) is 0 Å². The van der Waals surface area contributed by atoms with Gasteiger partial charge in [-0.15, -0.1) is 0 Å². The smallest absolute Gasteiger partial charge is 0.459 e. The minimum atomic E-state index is -3.83. The van der Waals surface area contributed by atoms with E-state index in [9.17, 15) is 9.67 Å². The summed E-state index contributed by atoms with van der Waals surface area (Å²) in [7, 11) is -3.83. The summed E-state index contributed by atoms with van der Waals surface area (Å²) in [6.07, 6.45) is 3.47. The number of hydrogen-bond donors (Lipinski definition) is 4. The molecule has 2 aromatic heterocycles. The quantitative estimate of drug-likeness (QED) is 0.266. The first kappa shape index (κ1) is 27.8. The molecule has 1 saturated heterocycles. The lowest BCUT2D eigenvalue weighted by Crippen LogP contribution is -2.52. The standard InChI is InChI=1S/C25H36N7O6P/c1-3-35-22-19-21(29-24(26)30-22)32(15-28-19)23-25(2,27)20(33)18(37-23)14-36-39(34,31-16-10-6-4-7-11-16)38-17-12-8-5-9-13-17/h5,8-9,12-13,15-16,18,20,23,33H,3-4,6-7,10-11,14,27H2,1-2H3,(H,31,34)(H2,26,29,30)/t18-,20-,23-,25-,39?/m1/s1. The fourth-order valence-electron chi connectivity index (χ4n) is 5.08. The van der Waals surface area contributed by atoms with Crippen LogP contribution in [0.15, 0.2) is 36.7 Å². The summed E-state index contributed by atoms with van der Waals surface area (Å²) in [5.74, 6) is 0.646. The van der Waals surface area contributed by atoms with Crippen LogP contribution in [0.5, 0.6) is 11.6 Å². The van der Waals surface area contributed by atoms with Crippen molar-refractivity contribution in [2.45, 2.75) is 76.0 Å². The predicted octanol–water partition coefficient (Wildman–Crippen LogP) is 2.91. The zero-order valence-corrected chi connectivity index (χ0v) is 23.0. The van der Waals surface area contributed by atoms with E-state index in [1.54, 1.807) is 35.8 Å². The molecule has 5 atom stereocenters. The molecule has 0 spiro atoms. The maximum Gasteiger partial charge on any atom is 0.459 e. The third-order valence-corrected chi connectivity index (χ3v) is 8.71. The molecular formula is C25H36N7O6P. The number of aliphatic hydroxyl groups is 1. The van der Waals surface area contributed by atoms with Gasteiger partial charge in [0.2, 0.25) is 11.8 Å². The van der Waals surface area contributed by atoms with E-state index in [4.69, 9.17) is 30.0 Å². The molecular weight excluding hydrogens is 525 g/mol. The van der Waals surface area contributed by atoms with E-state index in [2.05, 4.69) is 20.0 Å². The average molecular weight is 562 g/mol. The number of nitrogens with one attached hydrogen (secondary N) is 1. The van der Waals surface area contributed by atoms with Crippen molar-refractivity contribution >= 4 is 24.9 Å². The maximum absolute atomic E-state index is 13.9. The van der Waals surface area contributed by atoms with Gasteiger partial charge in [-0.1, -0.05) is 37.5 Å². The lowest BCUT2D eigenvalue weighted by molar-refractivity contribution is -0.0424. The molecule has 1 aromatic carbocycles. The summed E-state index contributed by atoms with van der Waals surface area (Å²) in [5, 5.41) is 14.3. The third-order valence-electron chi connectivity index (χ3n) is 7.09. The molecule has 1 unspecified atom stereocenters. The molecule has 6 N–H and O–H groups in total. The number of aromatic nitrogens is 4. The van der Waals surface area contributed by atoms with Crippen molar-refractivity contribution in [3.8, 4) is 11.6 Å². The number of para-hydroxylation sites is 1. The second-order valence-electron chi connectivity index (χ2n) is 10.1. The number of rotatable bonds is 10. The van der Waals surface area contributed by atoms with Gasteiger partial charge in [0.05, 0.1) is 25.1 Å². The van der Waals surface area contributed by atoms with Crippen LogP contribution < -0.4 is 25.8 Å². The molecule has 3 aromatic rings. The van der Waals surface area contributed by atoms with Crippen molar-refractivity contribution in [1.82, 2.24) is 24.6 Å². The first-order chi connectivity index (χ1) is 18.7.